The van der Waals surface area contributed by atoms with E-state index in [1.807, 2.05) is 0 Å². The van der Waals surface area contributed by atoms with Crippen molar-refractivity contribution in [2.45, 2.75) is 17.9 Å². The minimum absolute atomic E-state index is 0.119. The fourth-order valence-electron chi connectivity index (χ4n) is 2.43. The van der Waals surface area contributed by atoms with Gasteiger partial charge in [-0.25, -0.2) is 8.42 Å². The van der Waals surface area contributed by atoms with Crippen LogP contribution in [0, 0.1) is 0 Å². The summed E-state index contributed by atoms with van der Waals surface area (Å²) < 4.78 is 26.6. The van der Waals surface area contributed by atoms with E-state index >= 15 is 0 Å². The molecule has 1 amide bonds. The quantitative estimate of drug-likeness (QED) is 0.770. The number of carbonyl (C=O) groups is 1. The van der Waals surface area contributed by atoms with Crippen LogP contribution in [0.2, 0.25) is 10.0 Å². The number of hydrogen-bond acceptors (Lipinski definition) is 3. The minimum atomic E-state index is -3.61. The van der Waals surface area contributed by atoms with Crippen LogP contribution in [0.1, 0.15) is 6.92 Å². The van der Waals surface area contributed by atoms with Crippen LogP contribution in [-0.2, 0) is 14.8 Å². The summed E-state index contributed by atoms with van der Waals surface area (Å²) in [7, 11) is -3.61. The number of nitrogens with two attached hydrogens (primary N) is 1. The van der Waals surface area contributed by atoms with Gasteiger partial charge in [0.1, 0.15) is 0 Å². The van der Waals surface area contributed by atoms with Crippen molar-refractivity contribution in [2.24, 2.45) is 5.73 Å². The highest BCUT2D eigenvalue weighted by atomic mass is 35.5. The Bertz CT molecular complexity index is 673. The number of nitrogens with zero attached hydrogens (tertiary/aromatic N) is 1. The average molecular weight is 367 g/mol. The van der Waals surface area contributed by atoms with Crippen LogP contribution in [0.3, 0.4) is 0 Å². The summed E-state index contributed by atoms with van der Waals surface area (Å²) in [5, 5.41) is 0.513. The van der Waals surface area contributed by atoms with Gasteiger partial charge in [0.05, 0.1) is 41.1 Å². The number of amides is 1. The summed E-state index contributed by atoms with van der Waals surface area (Å²) in [6.45, 7) is 3.47. The Hall–Kier alpha value is -0.860. The standard InChI is InChI=1S/C13H17Cl2N3O3S/c1-9(13(16)19)17-4-6-18(7-5-17)22(20,21)10-2-3-11(14)12(15)8-10/h2-3,8-9H,4-7H2,1H3,(H2,16,19)/p+1/t9-/m1/s1. The molecule has 1 atom stereocenters. The Kier molecular flexibility index (Phi) is 5.34. The lowest BCUT2D eigenvalue weighted by Gasteiger charge is -2.33. The van der Waals surface area contributed by atoms with Crippen LogP contribution in [-0.4, -0.2) is 50.9 Å². The average Bonchev–Trinajstić information content (AvgIpc) is 2.49. The van der Waals surface area contributed by atoms with Gasteiger partial charge in [-0.2, -0.15) is 4.31 Å². The maximum atomic E-state index is 12.6. The third-order valence-corrected chi connectivity index (χ3v) is 6.57. The number of rotatable bonds is 4. The number of sulfonamides is 1. The van der Waals surface area contributed by atoms with Crippen LogP contribution >= 0.6 is 23.2 Å². The zero-order chi connectivity index (χ0) is 16.5. The van der Waals surface area contributed by atoms with E-state index in [2.05, 4.69) is 0 Å². The van der Waals surface area contributed by atoms with Crippen molar-refractivity contribution >= 4 is 39.1 Å². The lowest BCUT2D eigenvalue weighted by molar-refractivity contribution is -0.917. The second kappa shape index (κ2) is 6.72. The smallest absolute Gasteiger partial charge is 0.275 e. The van der Waals surface area contributed by atoms with Crippen molar-refractivity contribution in [2.75, 3.05) is 26.2 Å². The first kappa shape index (κ1) is 17.5. The van der Waals surface area contributed by atoms with Gasteiger partial charge in [-0.15, -0.1) is 0 Å². The summed E-state index contributed by atoms with van der Waals surface area (Å²) >= 11 is 11.7. The number of benzene rings is 1. The van der Waals surface area contributed by atoms with Gasteiger partial charge >= 0.3 is 0 Å². The van der Waals surface area contributed by atoms with Gasteiger partial charge in [-0.1, -0.05) is 23.2 Å². The molecule has 1 heterocycles. The molecule has 1 aliphatic rings. The van der Waals surface area contributed by atoms with E-state index in [0.29, 0.717) is 31.2 Å². The predicted molar refractivity (Wildman–Crippen MR) is 84.6 cm³/mol. The molecular weight excluding hydrogens is 349 g/mol. The Balaban J connectivity index is 2.12. The zero-order valence-corrected chi connectivity index (χ0v) is 14.4. The molecule has 122 valence electrons. The van der Waals surface area contributed by atoms with Crippen LogP contribution in [0.4, 0.5) is 0 Å². The molecule has 22 heavy (non-hydrogen) atoms. The largest absolute Gasteiger partial charge is 0.365 e. The van der Waals surface area contributed by atoms with Crippen LogP contribution in [0.5, 0.6) is 0 Å². The molecule has 0 aliphatic carbocycles. The minimum Gasteiger partial charge on any atom is -0.365 e. The summed E-state index contributed by atoms with van der Waals surface area (Å²) in [6.07, 6.45) is 0. The van der Waals surface area contributed by atoms with E-state index in [1.165, 1.54) is 22.5 Å². The van der Waals surface area contributed by atoms with E-state index < -0.39 is 10.0 Å². The van der Waals surface area contributed by atoms with Gasteiger partial charge in [0, 0.05) is 0 Å². The number of halogens is 2. The van der Waals surface area contributed by atoms with Gasteiger partial charge in [-0.05, 0) is 25.1 Å². The number of hydrogen-bond donors (Lipinski definition) is 2. The van der Waals surface area contributed by atoms with Crippen LogP contribution < -0.4 is 10.6 Å². The molecule has 1 aromatic rings. The highest BCUT2D eigenvalue weighted by Gasteiger charge is 2.33. The zero-order valence-electron chi connectivity index (χ0n) is 12.1. The van der Waals surface area contributed by atoms with Gasteiger partial charge in [0.15, 0.2) is 6.04 Å². The van der Waals surface area contributed by atoms with Crippen LogP contribution in [0.15, 0.2) is 23.1 Å². The third kappa shape index (κ3) is 3.55. The Morgan fingerprint density at radius 1 is 1.27 bits per heavy atom. The fourth-order valence-corrected chi connectivity index (χ4v) is 4.27. The lowest BCUT2D eigenvalue weighted by atomic mass is 10.2. The Labute approximate surface area is 139 Å². The second-order valence-electron chi connectivity index (χ2n) is 5.26. The summed E-state index contributed by atoms with van der Waals surface area (Å²) in [6, 6.07) is 3.93. The second-order valence-corrected chi connectivity index (χ2v) is 8.01. The van der Waals surface area contributed by atoms with Gasteiger partial charge < -0.3 is 10.6 Å². The molecule has 9 heteroatoms. The molecule has 0 saturated carbocycles. The topological polar surface area (TPSA) is 84.9 Å². The van der Waals surface area contributed by atoms with E-state index in [1.54, 1.807) is 6.92 Å². The summed E-state index contributed by atoms with van der Waals surface area (Å²) in [5.41, 5.74) is 5.29. The van der Waals surface area contributed by atoms with E-state index in [-0.39, 0.29) is 21.9 Å². The molecule has 1 saturated heterocycles. The highest BCUT2D eigenvalue weighted by molar-refractivity contribution is 7.89. The Morgan fingerprint density at radius 2 is 1.86 bits per heavy atom. The summed E-state index contributed by atoms with van der Waals surface area (Å²) in [4.78, 5) is 12.3. The van der Waals surface area contributed by atoms with Gasteiger partial charge in [0.2, 0.25) is 10.0 Å². The first-order chi connectivity index (χ1) is 10.2. The summed E-state index contributed by atoms with van der Waals surface area (Å²) in [5.74, 6) is -0.379. The maximum Gasteiger partial charge on any atom is 0.275 e. The van der Waals surface area contributed by atoms with Crippen molar-refractivity contribution in [1.29, 1.82) is 0 Å². The molecule has 0 radical (unpaired) electrons. The Morgan fingerprint density at radius 3 is 2.36 bits per heavy atom. The van der Waals surface area contributed by atoms with Gasteiger partial charge in [-0.3, -0.25) is 4.79 Å². The number of carbonyl (C=O) groups excluding carboxylic acids is 1. The first-order valence-electron chi connectivity index (χ1n) is 6.82. The first-order valence-corrected chi connectivity index (χ1v) is 9.02. The molecule has 0 bridgehead atoms. The molecule has 2 rings (SSSR count). The SMILES string of the molecule is C[C@H](C(N)=O)[NH+]1CCN(S(=O)(=O)c2ccc(Cl)c(Cl)c2)CC1. The number of primary amides is 1. The van der Waals surface area contributed by atoms with E-state index in [9.17, 15) is 13.2 Å². The van der Waals surface area contributed by atoms with Gasteiger partial charge in [0.25, 0.3) is 5.91 Å². The van der Waals surface area contributed by atoms with Crippen molar-refractivity contribution in [3.05, 3.63) is 28.2 Å². The third-order valence-electron chi connectivity index (χ3n) is 3.93. The number of piperazine rings is 1. The lowest BCUT2D eigenvalue weighted by Crippen LogP contribution is -3.19. The molecular formula is C13H18Cl2N3O3S+. The van der Waals surface area contributed by atoms with Crippen molar-refractivity contribution in [3.63, 3.8) is 0 Å². The molecule has 0 aromatic heterocycles. The molecule has 0 unspecified atom stereocenters. The van der Waals surface area contributed by atoms with Crippen molar-refractivity contribution in [3.8, 4) is 0 Å². The molecule has 1 aliphatic heterocycles. The van der Waals surface area contributed by atoms with E-state index in [4.69, 9.17) is 28.9 Å². The predicted octanol–water partition coefficient (Wildman–Crippen LogP) is -0.244. The molecule has 1 aromatic carbocycles. The number of nitrogens with one attached hydrogen (secondary N) is 1. The number of quaternary nitrogens is 1. The van der Waals surface area contributed by atoms with Crippen molar-refractivity contribution in [1.82, 2.24) is 4.31 Å². The van der Waals surface area contributed by atoms with E-state index in [0.717, 1.165) is 4.90 Å². The maximum absolute atomic E-state index is 12.6. The normalized spacial score (nSPS) is 19.0. The molecule has 6 nitrogen and oxygen atoms in total. The molecule has 3 N–H and O–H groups in total. The van der Waals surface area contributed by atoms with Crippen molar-refractivity contribution < 1.29 is 18.1 Å². The highest BCUT2D eigenvalue weighted by Crippen LogP contribution is 2.26. The molecule has 1 fully saturated rings. The monoisotopic (exact) mass is 366 g/mol. The molecule has 0 spiro atoms. The fraction of sp³-hybridized carbons (Fsp3) is 0.462. The van der Waals surface area contributed by atoms with Crippen LogP contribution in [0.25, 0.3) is 0 Å².